The number of nitrogens with one attached hydrogen (secondary N) is 2. The Balaban J connectivity index is 2.23. The molecule has 0 radical (unpaired) electrons. The third-order valence-electron chi connectivity index (χ3n) is 3.52. The van der Waals surface area contributed by atoms with E-state index in [2.05, 4.69) is 25.6 Å². The number of alkyl halides is 1. The highest BCUT2D eigenvalue weighted by Crippen LogP contribution is 2.25. The number of hydrogen-bond donors (Lipinski definition) is 3. The van der Waals surface area contributed by atoms with E-state index in [0.717, 1.165) is 25.4 Å². The lowest BCUT2D eigenvalue weighted by Gasteiger charge is -2.42. The van der Waals surface area contributed by atoms with Crippen LogP contribution in [-0.2, 0) is 34.3 Å². The molecule has 16 heteroatoms. The molecule has 0 spiro atoms. The first kappa shape index (κ1) is 22.7. The second kappa shape index (κ2) is 8.81. The monoisotopic (exact) mass is 467 g/mol. The summed E-state index contributed by atoms with van der Waals surface area (Å²) < 4.78 is 31.5. The number of β-lactam (4-membered cyclic amide) rings is 1. The minimum absolute atomic E-state index is 0.0306. The van der Waals surface area contributed by atoms with Gasteiger partial charge in [0.05, 0.1) is 0 Å². The molecular formula is C13H14ClN5O8S2. The zero-order valence-corrected chi connectivity index (χ0v) is 17.2. The number of oxime groups is 1. The van der Waals surface area contributed by atoms with Crippen molar-refractivity contribution in [2.75, 3.05) is 18.3 Å². The second-order valence-corrected chi connectivity index (χ2v) is 7.88. The molecule has 29 heavy (non-hydrogen) atoms. The highest BCUT2D eigenvalue weighted by Gasteiger charge is 2.56. The number of carbonyl (C=O) groups is 4. The summed E-state index contributed by atoms with van der Waals surface area (Å²) in [4.78, 5) is 56.1. The second-order valence-electron chi connectivity index (χ2n) is 5.46. The van der Waals surface area contributed by atoms with Gasteiger partial charge in [0, 0.05) is 5.38 Å². The topological polar surface area (TPSA) is 184 Å². The fraction of sp³-hybridized carbons (Fsp3) is 0.385. The average molecular weight is 468 g/mol. The molecule has 1 aliphatic heterocycles. The molecule has 2 atom stereocenters. The summed E-state index contributed by atoms with van der Waals surface area (Å²) in [7, 11) is -3.83. The average Bonchev–Trinajstić information content (AvgIpc) is 3.07. The lowest BCUT2D eigenvalue weighted by atomic mass is 9.95. The Hall–Kier alpha value is -2.62. The number of halogens is 1. The van der Waals surface area contributed by atoms with Gasteiger partial charge in [0.2, 0.25) is 5.91 Å². The van der Waals surface area contributed by atoms with E-state index in [0.29, 0.717) is 0 Å². The lowest BCUT2D eigenvalue weighted by Crippen LogP contribution is -2.74. The van der Waals surface area contributed by atoms with E-state index >= 15 is 0 Å². The van der Waals surface area contributed by atoms with Gasteiger partial charge >= 0.3 is 10.3 Å². The van der Waals surface area contributed by atoms with Crippen molar-refractivity contribution in [1.82, 2.24) is 14.6 Å². The fourth-order valence-electron chi connectivity index (χ4n) is 2.36. The van der Waals surface area contributed by atoms with Crippen LogP contribution in [0.4, 0.5) is 5.13 Å². The van der Waals surface area contributed by atoms with Gasteiger partial charge in [-0.15, -0.1) is 22.9 Å². The maximum atomic E-state index is 12.5. The molecule has 1 aromatic heterocycles. The predicted molar refractivity (Wildman–Crippen MR) is 99.8 cm³/mol. The van der Waals surface area contributed by atoms with E-state index < -0.39 is 51.6 Å². The first-order chi connectivity index (χ1) is 13.5. The zero-order chi connectivity index (χ0) is 21.9. The summed E-state index contributed by atoms with van der Waals surface area (Å²) >= 11 is 6.33. The largest absolute Gasteiger partial charge is 0.398 e. The Bertz CT molecular complexity index is 991. The number of hydrogen-bond acceptors (Lipinski definition) is 10. The Kier molecular flexibility index (Phi) is 6.89. The highest BCUT2D eigenvalue weighted by molar-refractivity contribution is 7.84. The van der Waals surface area contributed by atoms with Crippen LogP contribution in [0, 0.1) is 0 Å². The van der Waals surface area contributed by atoms with Crippen LogP contribution >= 0.6 is 22.9 Å². The van der Waals surface area contributed by atoms with Crippen molar-refractivity contribution >= 4 is 67.6 Å². The van der Waals surface area contributed by atoms with E-state index in [9.17, 15) is 27.6 Å². The standard InChI is InChI=1S/C13H14ClN5O8S2/c1-5(20)10-9(12(23)19(10)29(24,25)26)17-11(22)8(18-27-2)6-4-28-13(15-6)16-7(21)3-14/h4,9-10H,3H2,1-2H3,(H,17,22)(H,15,16,21)(H,24,25,26). The van der Waals surface area contributed by atoms with Gasteiger partial charge in [0.15, 0.2) is 16.6 Å². The molecule has 1 fully saturated rings. The van der Waals surface area contributed by atoms with Crippen molar-refractivity contribution in [3.63, 3.8) is 0 Å². The maximum absolute atomic E-state index is 12.5. The molecule has 2 rings (SSSR count). The summed E-state index contributed by atoms with van der Waals surface area (Å²) in [5, 5.41) is 9.52. The van der Waals surface area contributed by atoms with E-state index in [1.165, 1.54) is 5.38 Å². The van der Waals surface area contributed by atoms with Gasteiger partial charge < -0.3 is 15.5 Å². The molecule has 0 aromatic carbocycles. The molecule has 2 unspecified atom stereocenters. The van der Waals surface area contributed by atoms with Crippen LogP contribution in [-0.4, -0.2) is 76.5 Å². The third kappa shape index (κ3) is 4.87. The third-order valence-corrected chi connectivity index (χ3v) is 5.42. The molecule has 0 aliphatic carbocycles. The minimum Gasteiger partial charge on any atom is -0.398 e. The number of amides is 3. The van der Waals surface area contributed by atoms with E-state index in [-0.39, 0.29) is 21.0 Å². The Morgan fingerprint density at radius 2 is 2.10 bits per heavy atom. The van der Waals surface area contributed by atoms with Crippen LogP contribution in [0.5, 0.6) is 0 Å². The highest BCUT2D eigenvalue weighted by atomic mass is 35.5. The lowest BCUT2D eigenvalue weighted by molar-refractivity contribution is -0.150. The molecule has 13 nitrogen and oxygen atoms in total. The molecule has 3 amide bonds. The van der Waals surface area contributed by atoms with Crippen LogP contribution in [0.15, 0.2) is 10.5 Å². The number of thiazole rings is 1. The SMILES string of the molecule is CON=C(C(=O)NC1C(=O)N(S(=O)(=O)O)C1C(C)=O)c1csc(NC(=O)CCl)n1. The Labute approximate surface area is 172 Å². The molecule has 1 aromatic rings. The van der Waals surface area contributed by atoms with Crippen molar-refractivity contribution in [2.45, 2.75) is 19.0 Å². The quantitative estimate of drug-likeness (QED) is 0.138. The number of nitrogens with zero attached hydrogens (tertiary/aromatic N) is 3. The summed E-state index contributed by atoms with van der Waals surface area (Å²) in [5.41, 5.74) is -0.437. The number of Topliss-reactive ketones (excluding diaryl/α,β-unsaturated/α-hetero) is 1. The van der Waals surface area contributed by atoms with E-state index in [4.69, 9.17) is 16.2 Å². The molecule has 1 aliphatic rings. The molecule has 158 valence electrons. The minimum atomic E-state index is -4.98. The van der Waals surface area contributed by atoms with Gasteiger partial charge in [-0.3, -0.25) is 23.7 Å². The summed E-state index contributed by atoms with van der Waals surface area (Å²) in [6, 6.07) is -3.16. The molecule has 0 saturated carbocycles. The first-order valence-corrected chi connectivity index (χ1v) is 10.4. The smallest absolute Gasteiger partial charge is 0.363 e. The summed E-state index contributed by atoms with van der Waals surface area (Å²) in [6.07, 6.45) is 0. The van der Waals surface area contributed by atoms with E-state index in [1.54, 1.807) is 0 Å². The molecule has 2 heterocycles. The summed E-state index contributed by atoms with van der Waals surface area (Å²) in [5.74, 6) is -3.83. The first-order valence-electron chi connectivity index (χ1n) is 7.56. The van der Waals surface area contributed by atoms with Crippen molar-refractivity contribution in [2.24, 2.45) is 5.16 Å². The van der Waals surface area contributed by atoms with Crippen LogP contribution in [0.1, 0.15) is 12.6 Å². The van der Waals surface area contributed by atoms with Crippen molar-refractivity contribution in [3.05, 3.63) is 11.1 Å². The van der Waals surface area contributed by atoms with Crippen LogP contribution in [0.2, 0.25) is 0 Å². The number of aromatic nitrogens is 1. The Morgan fingerprint density at radius 3 is 2.62 bits per heavy atom. The summed E-state index contributed by atoms with van der Waals surface area (Å²) in [6.45, 7) is 0.991. The van der Waals surface area contributed by atoms with Crippen LogP contribution in [0.3, 0.4) is 0 Å². The van der Waals surface area contributed by atoms with E-state index in [1.807, 2.05) is 0 Å². The molecule has 0 bridgehead atoms. The van der Waals surface area contributed by atoms with Gasteiger partial charge in [0.1, 0.15) is 30.8 Å². The molecular weight excluding hydrogens is 454 g/mol. The van der Waals surface area contributed by atoms with Crippen molar-refractivity contribution < 1.29 is 37.0 Å². The Morgan fingerprint density at radius 1 is 1.45 bits per heavy atom. The van der Waals surface area contributed by atoms with Gasteiger partial charge in [-0.1, -0.05) is 5.16 Å². The molecule has 3 N–H and O–H groups in total. The van der Waals surface area contributed by atoms with Crippen LogP contribution < -0.4 is 10.6 Å². The van der Waals surface area contributed by atoms with Crippen LogP contribution in [0.25, 0.3) is 0 Å². The number of anilines is 1. The molecule has 1 saturated heterocycles. The number of rotatable bonds is 8. The van der Waals surface area contributed by atoms with Crippen molar-refractivity contribution in [3.8, 4) is 0 Å². The fourth-order valence-corrected chi connectivity index (χ4v) is 4.03. The van der Waals surface area contributed by atoms with Gasteiger partial charge in [-0.25, -0.2) is 9.29 Å². The van der Waals surface area contributed by atoms with Gasteiger partial charge in [-0.05, 0) is 6.92 Å². The van der Waals surface area contributed by atoms with Gasteiger partial charge in [0.25, 0.3) is 11.8 Å². The normalized spacial score (nSPS) is 19.4. The predicted octanol–water partition coefficient (Wildman–Crippen LogP) is -1.24. The maximum Gasteiger partial charge on any atom is 0.363 e. The number of carbonyl (C=O) groups excluding carboxylic acids is 4. The van der Waals surface area contributed by atoms with Gasteiger partial charge in [-0.2, -0.15) is 8.42 Å². The zero-order valence-electron chi connectivity index (χ0n) is 14.8. The van der Waals surface area contributed by atoms with Crippen molar-refractivity contribution in [1.29, 1.82) is 0 Å². The number of ketones is 1.